The minimum Gasteiger partial charge on any atom is -0.366 e. The first-order chi connectivity index (χ1) is 7.74. The second-order valence-corrected chi connectivity index (χ2v) is 4.66. The molecule has 3 heteroatoms. The second-order valence-electron chi connectivity index (χ2n) is 4.27. The molecule has 1 N–H and O–H groups in total. The van der Waals surface area contributed by atoms with Crippen molar-refractivity contribution in [1.82, 2.24) is 10.2 Å². The summed E-state index contributed by atoms with van der Waals surface area (Å²) < 4.78 is 0. The minimum atomic E-state index is 0.435. The maximum absolute atomic E-state index is 5.30. The maximum Gasteiger partial charge on any atom is 0.168 e. The van der Waals surface area contributed by atoms with E-state index in [-0.39, 0.29) is 0 Å². The Morgan fingerprint density at radius 1 is 1.44 bits per heavy atom. The zero-order valence-corrected chi connectivity index (χ0v) is 10.7. The van der Waals surface area contributed by atoms with E-state index in [1.807, 2.05) is 7.05 Å². The normalized spacial score (nSPS) is 18.8. The van der Waals surface area contributed by atoms with Crippen LogP contribution in [0.4, 0.5) is 0 Å². The van der Waals surface area contributed by atoms with Gasteiger partial charge in [-0.25, -0.2) is 0 Å². The topological polar surface area (TPSA) is 15.3 Å². The molecule has 0 heterocycles. The fourth-order valence-electron chi connectivity index (χ4n) is 2.45. The molecular formula is C13H18N2S. The average Bonchev–Trinajstić information content (AvgIpc) is 2.36. The molecule has 86 valence electrons. The van der Waals surface area contributed by atoms with Gasteiger partial charge in [0.2, 0.25) is 0 Å². The summed E-state index contributed by atoms with van der Waals surface area (Å²) in [6, 6.07) is 9.14. The predicted molar refractivity (Wildman–Crippen MR) is 71.5 cm³/mol. The number of rotatable bonds is 1. The molecule has 0 saturated carbocycles. The Balaban J connectivity index is 2.28. The van der Waals surface area contributed by atoms with Gasteiger partial charge in [-0.1, -0.05) is 24.3 Å². The zero-order chi connectivity index (χ0) is 11.5. The summed E-state index contributed by atoms with van der Waals surface area (Å²) in [6.07, 6.45) is 3.64. The molecular weight excluding hydrogens is 216 g/mol. The molecule has 0 radical (unpaired) electrons. The maximum atomic E-state index is 5.30. The lowest BCUT2D eigenvalue weighted by Gasteiger charge is -2.34. The highest BCUT2D eigenvalue weighted by molar-refractivity contribution is 7.80. The van der Waals surface area contributed by atoms with Gasteiger partial charge in [0.25, 0.3) is 0 Å². The van der Waals surface area contributed by atoms with Crippen molar-refractivity contribution in [3.63, 3.8) is 0 Å². The molecule has 0 aliphatic heterocycles. The van der Waals surface area contributed by atoms with Gasteiger partial charge >= 0.3 is 0 Å². The third-order valence-corrected chi connectivity index (χ3v) is 3.83. The Morgan fingerprint density at radius 3 is 2.94 bits per heavy atom. The molecule has 0 amide bonds. The van der Waals surface area contributed by atoms with Crippen molar-refractivity contribution in [2.75, 3.05) is 14.1 Å². The number of thiocarbonyl (C=S) groups is 1. The quantitative estimate of drug-likeness (QED) is 0.752. The highest BCUT2D eigenvalue weighted by atomic mass is 32.1. The van der Waals surface area contributed by atoms with Gasteiger partial charge in [-0.2, -0.15) is 0 Å². The Bertz CT molecular complexity index is 389. The molecule has 1 aromatic rings. The van der Waals surface area contributed by atoms with E-state index in [2.05, 4.69) is 41.5 Å². The first-order valence-corrected chi connectivity index (χ1v) is 6.17. The van der Waals surface area contributed by atoms with Crippen molar-refractivity contribution < 1.29 is 0 Å². The van der Waals surface area contributed by atoms with Crippen molar-refractivity contribution in [1.29, 1.82) is 0 Å². The molecule has 0 unspecified atom stereocenters. The van der Waals surface area contributed by atoms with E-state index in [9.17, 15) is 0 Å². The van der Waals surface area contributed by atoms with Crippen LogP contribution < -0.4 is 5.32 Å². The largest absolute Gasteiger partial charge is 0.366 e. The van der Waals surface area contributed by atoms with Gasteiger partial charge in [0.1, 0.15) is 0 Å². The SMILES string of the molecule is CNC(=S)N(C)[C@H]1CCCc2ccccc21. The first-order valence-electron chi connectivity index (χ1n) is 5.76. The highest BCUT2D eigenvalue weighted by Crippen LogP contribution is 2.33. The van der Waals surface area contributed by atoms with E-state index < -0.39 is 0 Å². The monoisotopic (exact) mass is 234 g/mol. The first kappa shape index (κ1) is 11.4. The van der Waals surface area contributed by atoms with Crippen molar-refractivity contribution in [2.24, 2.45) is 0 Å². The van der Waals surface area contributed by atoms with E-state index >= 15 is 0 Å². The third kappa shape index (κ3) is 2.05. The van der Waals surface area contributed by atoms with Crippen LogP contribution in [0.25, 0.3) is 0 Å². The van der Waals surface area contributed by atoms with Gasteiger partial charge in [0.15, 0.2) is 5.11 Å². The van der Waals surface area contributed by atoms with Crippen molar-refractivity contribution in [3.05, 3.63) is 35.4 Å². The van der Waals surface area contributed by atoms with Crippen LogP contribution in [0.15, 0.2) is 24.3 Å². The summed E-state index contributed by atoms with van der Waals surface area (Å²) in [5, 5.41) is 3.87. The van der Waals surface area contributed by atoms with E-state index in [1.54, 1.807) is 0 Å². The van der Waals surface area contributed by atoms with Gasteiger partial charge < -0.3 is 10.2 Å². The van der Waals surface area contributed by atoms with Crippen molar-refractivity contribution in [3.8, 4) is 0 Å². The Labute approximate surface area is 103 Å². The van der Waals surface area contributed by atoms with Gasteiger partial charge in [-0.15, -0.1) is 0 Å². The molecule has 1 aliphatic carbocycles. The lowest BCUT2D eigenvalue weighted by atomic mass is 9.87. The van der Waals surface area contributed by atoms with Crippen LogP contribution in [-0.4, -0.2) is 24.1 Å². The van der Waals surface area contributed by atoms with Gasteiger partial charge in [0, 0.05) is 14.1 Å². The van der Waals surface area contributed by atoms with Gasteiger partial charge in [0.05, 0.1) is 6.04 Å². The Morgan fingerprint density at radius 2 is 2.19 bits per heavy atom. The Kier molecular flexibility index (Phi) is 3.44. The van der Waals surface area contributed by atoms with E-state index in [4.69, 9.17) is 12.2 Å². The summed E-state index contributed by atoms with van der Waals surface area (Å²) in [5.74, 6) is 0. The molecule has 0 aromatic heterocycles. The molecule has 0 bridgehead atoms. The average molecular weight is 234 g/mol. The Hall–Kier alpha value is -1.09. The second kappa shape index (κ2) is 4.83. The van der Waals surface area contributed by atoms with E-state index in [1.165, 1.54) is 30.4 Å². The standard InChI is InChI=1S/C13H18N2S/c1-14-13(16)15(2)12-9-5-7-10-6-3-4-8-11(10)12/h3-4,6,8,12H,5,7,9H2,1-2H3,(H,14,16)/t12-/m0/s1. The molecule has 0 saturated heterocycles. The number of nitrogens with one attached hydrogen (secondary N) is 1. The molecule has 1 aliphatic rings. The lowest BCUT2D eigenvalue weighted by Crippen LogP contribution is -2.38. The highest BCUT2D eigenvalue weighted by Gasteiger charge is 2.24. The summed E-state index contributed by atoms with van der Waals surface area (Å²) in [4.78, 5) is 2.17. The van der Waals surface area contributed by atoms with Crippen LogP contribution in [0, 0.1) is 0 Å². The van der Waals surface area contributed by atoms with Gasteiger partial charge in [-0.3, -0.25) is 0 Å². The van der Waals surface area contributed by atoms with E-state index in [0.29, 0.717) is 6.04 Å². The summed E-state index contributed by atoms with van der Waals surface area (Å²) in [6.45, 7) is 0. The molecule has 0 fully saturated rings. The van der Waals surface area contributed by atoms with Crippen LogP contribution in [0.5, 0.6) is 0 Å². The lowest BCUT2D eigenvalue weighted by molar-refractivity contribution is 0.330. The number of nitrogens with zero attached hydrogens (tertiary/aromatic N) is 1. The van der Waals surface area contributed by atoms with Crippen LogP contribution in [0.2, 0.25) is 0 Å². The number of aryl methyl sites for hydroxylation is 1. The van der Waals surface area contributed by atoms with Crippen LogP contribution >= 0.6 is 12.2 Å². The van der Waals surface area contributed by atoms with Crippen LogP contribution in [0.3, 0.4) is 0 Å². The number of fused-ring (bicyclic) bond motifs is 1. The van der Waals surface area contributed by atoms with E-state index in [0.717, 1.165) is 5.11 Å². The molecule has 2 rings (SSSR count). The fraction of sp³-hybridized carbons (Fsp3) is 0.462. The third-order valence-electron chi connectivity index (χ3n) is 3.34. The summed E-state index contributed by atoms with van der Waals surface area (Å²) in [5.41, 5.74) is 2.92. The number of benzene rings is 1. The van der Waals surface area contributed by atoms with Gasteiger partial charge in [-0.05, 0) is 42.6 Å². The minimum absolute atomic E-state index is 0.435. The van der Waals surface area contributed by atoms with Crippen molar-refractivity contribution in [2.45, 2.75) is 25.3 Å². The summed E-state index contributed by atoms with van der Waals surface area (Å²) in [7, 11) is 3.96. The molecule has 0 spiro atoms. The predicted octanol–water partition coefficient (Wildman–Crippen LogP) is 2.50. The number of hydrogen-bond acceptors (Lipinski definition) is 1. The molecule has 2 nitrogen and oxygen atoms in total. The zero-order valence-electron chi connectivity index (χ0n) is 9.86. The fourth-order valence-corrected chi connectivity index (χ4v) is 2.58. The smallest absolute Gasteiger partial charge is 0.168 e. The molecule has 16 heavy (non-hydrogen) atoms. The summed E-state index contributed by atoms with van der Waals surface area (Å²) >= 11 is 5.30. The van der Waals surface area contributed by atoms with Crippen LogP contribution in [0.1, 0.15) is 30.0 Å². The van der Waals surface area contributed by atoms with Crippen molar-refractivity contribution >= 4 is 17.3 Å². The van der Waals surface area contributed by atoms with Crippen LogP contribution in [-0.2, 0) is 6.42 Å². The molecule has 1 atom stereocenters. The number of hydrogen-bond donors (Lipinski definition) is 1. The molecule has 1 aromatic carbocycles.